The number of anilines is 2. The Kier molecular flexibility index (Phi) is 5.01. The summed E-state index contributed by atoms with van der Waals surface area (Å²) in [6.07, 6.45) is 4.39. The molecule has 0 saturated heterocycles. The van der Waals surface area contributed by atoms with E-state index in [1.165, 1.54) is 0 Å². The van der Waals surface area contributed by atoms with Crippen molar-refractivity contribution in [3.63, 3.8) is 0 Å². The number of hydrogen-bond acceptors (Lipinski definition) is 8. The highest BCUT2D eigenvalue weighted by molar-refractivity contribution is 5.35. The summed E-state index contributed by atoms with van der Waals surface area (Å²) < 4.78 is 5.25. The van der Waals surface area contributed by atoms with Gasteiger partial charge in [-0.15, -0.1) is 0 Å². The van der Waals surface area contributed by atoms with E-state index < -0.39 is 0 Å². The molecule has 0 unspecified atom stereocenters. The molecule has 0 fully saturated rings. The molecule has 8 heteroatoms. The molecule has 0 spiro atoms. The third kappa shape index (κ3) is 4.02. The van der Waals surface area contributed by atoms with Gasteiger partial charge in [0.15, 0.2) is 0 Å². The highest BCUT2D eigenvalue weighted by Crippen LogP contribution is 2.10. The van der Waals surface area contributed by atoms with Crippen LogP contribution in [0.5, 0.6) is 6.01 Å². The van der Waals surface area contributed by atoms with Gasteiger partial charge >= 0.3 is 6.01 Å². The molecule has 2 aromatic rings. The lowest BCUT2D eigenvalue weighted by molar-refractivity contribution is 0.312. The van der Waals surface area contributed by atoms with Crippen LogP contribution in [0.15, 0.2) is 24.5 Å². The van der Waals surface area contributed by atoms with E-state index in [-0.39, 0.29) is 12.0 Å². The van der Waals surface area contributed by atoms with Gasteiger partial charge in [-0.25, -0.2) is 5.84 Å². The van der Waals surface area contributed by atoms with Crippen molar-refractivity contribution < 1.29 is 4.74 Å². The van der Waals surface area contributed by atoms with Gasteiger partial charge in [0.2, 0.25) is 11.9 Å². The SMILES string of the molecule is CCOc1nc(NN)nc(NCCc2cccnc2)n1. The molecule has 106 valence electrons. The Morgan fingerprint density at radius 3 is 2.80 bits per heavy atom. The summed E-state index contributed by atoms with van der Waals surface area (Å²) in [6, 6.07) is 4.15. The van der Waals surface area contributed by atoms with Crippen molar-refractivity contribution in [2.45, 2.75) is 13.3 Å². The van der Waals surface area contributed by atoms with Crippen LogP contribution in [0.2, 0.25) is 0 Å². The van der Waals surface area contributed by atoms with Gasteiger partial charge in [-0.2, -0.15) is 15.0 Å². The average Bonchev–Trinajstić information content (AvgIpc) is 2.48. The topological polar surface area (TPSA) is 111 Å². The molecule has 0 amide bonds. The minimum Gasteiger partial charge on any atom is -0.464 e. The zero-order chi connectivity index (χ0) is 14.2. The second kappa shape index (κ2) is 7.19. The smallest absolute Gasteiger partial charge is 0.323 e. The van der Waals surface area contributed by atoms with E-state index in [0.717, 1.165) is 12.0 Å². The van der Waals surface area contributed by atoms with Crippen molar-refractivity contribution in [3.8, 4) is 6.01 Å². The molecule has 0 bridgehead atoms. The van der Waals surface area contributed by atoms with Gasteiger partial charge in [-0.3, -0.25) is 10.4 Å². The van der Waals surface area contributed by atoms with Crippen molar-refractivity contribution in [2.24, 2.45) is 5.84 Å². The summed E-state index contributed by atoms with van der Waals surface area (Å²) in [4.78, 5) is 16.3. The number of hydrazine groups is 1. The van der Waals surface area contributed by atoms with Gasteiger partial charge in [0.25, 0.3) is 0 Å². The highest BCUT2D eigenvalue weighted by atomic mass is 16.5. The summed E-state index contributed by atoms with van der Waals surface area (Å²) in [5.41, 5.74) is 3.52. The van der Waals surface area contributed by atoms with Crippen LogP contribution in [-0.4, -0.2) is 33.1 Å². The van der Waals surface area contributed by atoms with E-state index in [0.29, 0.717) is 19.1 Å². The maximum atomic E-state index is 5.31. The molecule has 0 aromatic carbocycles. The lowest BCUT2D eigenvalue weighted by Gasteiger charge is -2.08. The number of nitrogens with zero attached hydrogens (tertiary/aromatic N) is 4. The fourth-order valence-corrected chi connectivity index (χ4v) is 1.56. The van der Waals surface area contributed by atoms with E-state index in [2.05, 4.69) is 30.7 Å². The number of nitrogen functional groups attached to an aromatic ring is 1. The zero-order valence-electron chi connectivity index (χ0n) is 11.2. The summed E-state index contributed by atoms with van der Waals surface area (Å²) in [5.74, 6) is 5.98. The molecule has 0 atom stereocenters. The van der Waals surface area contributed by atoms with Gasteiger partial charge < -0.3 is 10.1 Å². The molecule has 8 nitrogen and oxygen atoms in total. The van der Waals surface area contributed by atoms with Gasteiger partial charge in [0.05, 0.1) is 6.61 Å². The highest BCUT2D eigenvalue weighted by Gasteiger charge is 2.06. The third-order valence-corrected chi connectivity index (χ3v) is 2.44. The Balaban J connectivity index is 1.96. The molecule has 2 rings (SSSR count). The molecular formula is C12H17N7O. The summed E-state index contributed by atoms with van der Waals surface area (Å²) in [7, 11) is 0. The minimum absolute atomic E-state index is 0.235. The van der Waals surface area contributed by atoms with E-state index in [1.54, 1.807) is 6.20 Å². The summed E-state index contributed by atoms with van der Waals surface area (Å²) >= 11 is 0. The maximum absolute atomic E-state index is 5.31. The van der Waals surface area contributed by atoms with Gasteiger partial charge in [0.1, 0.15) is 0 Å². The molecule has 0 aliphatic heterocycles. The number of hydrogen-bond donors (Lipinski definition) is 3. The van der Waals surface area contributed by atoms with Crippen LogP contribution in [-0.2, 0) is 6.42 Å². The first-order chi connectivity index (χ1) is 9.81. The van der Waals surface area contributed by atoms with E-state index in [1.807, 2.05) is 25.3 Å². The Hall–Kier alpha value is -2.48. The predicted octanol–water partition coefficient (Wildman–Crippen LogP) is 0.605. The maximum Gasteiger partial charge on any atom is 0.323 e. The molecule has 20 heavy (non-hydrogen) atoms. The van der Waals surface area contributed by atoms with Crippen LogP contribution >= 0.6 is 0 Å². The van der Waals surface area contributed by atoms with Crippen LogP contribution in [0.25, 0.3) is 0 Å². The average molecular weight is 275 g/mol. The molecular weight excluding hydrogens is 258 g/mol. The molecule has 0 radical (unpaired) electrons. The Labute approximate surface area is 116 Å². The first-order valence-corrected chi connectivity index (χ1v) is 6.30. The summed E-state index contributed by atoms with van der Waals surface area (Å²) in [5, 5.41) is 3.10. The van der Waals surface area contributed by atoms with Gasteiger partial charge in [0, 0.05) is 18.9 Å². The van der Waals surface area contributed by atoms with Crippen molar-refractivity contribution in [1.82, 2.24) is 19.9 Å². The normalized spacial score (nSPS) is 10.1. The van der Waals surface area contributed by atoms with Gasteiger partial charge in [-0.1, -0.05) is 6.07 Å². The first-order valence-electron chi connectivity index (χ1n) is 6.30. The second-order valence-corrected chi connectivity index (χ2v) is 3.88. The fraction of sp³-hybridized carbons (Fsp3) is 0.333. The number of ether oxygens (including phenoxy) is 1. The number of rotatable bonds is 7. The summed E-state index contributed by atoms with van der Waals surface area (Å²) in [6.45, 7) is 3.00. The third-order valence-electron chi connectivity index (χ3n) is 2.44. The standard InChI is InChI=1S/C12H17N7O/c1-2-20-12-17-10(16-11(18-12)19-13)15-7-5-9-4-3-6-14-8-9/h3-4,6,8H,2,5,7,13H2,1H3,(H2,15,16,17,18,19). The van der Waals surface area contributed by atoms with Crippen LogP contribution in [0.3, 0.4) is 0 Å². The zero-order valence-corrected chi connectivity index (χ0v) is 11.2. The van der Waals surface area contributed by atoms with Crippen molar-refractivity contribution in [3.05, 3.63) is 30.1 Å². The van der Waals surface area contributed by atoms with Crippen LogP contribution < -0.4 is 21.3 Å². The Morgan fingerprint density at radius 2 is 2.10 bits per heavy atom. The molecule has 2 aromatic heterocycles. The van der Waals surface area contributed by atoms with E-state index >= 15 is 0 Å². The molecule has 4 N–H and O–H groups in total. The number of aromatic nitrogens is 4. The molecule has 0 aliphatic rings. The van der Waals surface area contributed by atoms with Crippen molar-refractivity contribution >= 4 is 11.9 Å². The van der Waals surface area contributed by atoms with Crippen molar-refractivity contribution in [2.75, 3.05) is 23.9 Å². The number of nitrogens with two attached hydrogens (primary N) is 1. The van der Waals surface area contributed by atoms with Crippen LogP contribution in [0.4, 0.5) is 11.9 Å². The number of pyridine rings is 1. The predicted molar refractivity (Wildman–Crippen MR) is 75.2 cm³/mol. The van der Waals surface area contributed by atoms with Crippen LogP contribution in [0.1, 0.15) is 12.5 Å². The second-order valence-electron chi connectivity index (χ2n) is 3.88. The number of nitrogens with one attached hydrogen (secondary N) is 2. The molecule has 0 aliphatic carbocycles. The van der Waals surface area contributed by atoms with Crippen LogP contribution in [0, 0.1) is 0 Å². The Bertz CT molecular complexity index is 535. The largest absolute Gasteiger partial charge is 0.464 e. The molecule has 2 heterocycles. The van der Waals surface area contributed by atoms with E-state index in [4.69, 9.17) is 10.6 Å². The van der Waals surface area contributed by atoms with Gasteiger partial charge in [-0.05, 0) is 25.0 Å². The fourth-order valence-electron chi connectivity index (χ4n) is 1.56. The monoisotopic (exact) mass is 275 g/mol. The Morgan fingerprint density at radius 1 is 1.25 bits per heavy atom. The minimum atomic E-state index is 0.235. The first kappa shape index (κ1) is 13.9. The van der Waals surface area contributed by atoms with E-state index in [9.17, 15) is 0 Å². The van der Waals surface area contributed by atoms with Crippen molar-refractivity contribution in [1.29, 1.82) is 0 Å². The molecule has 0 saturated carbocycles. The lowest BCUT2D eigenvalue weighted by atomic mass is 10.2. The quantitative estimate of drug-likeness (QED) is 0.498. The lowest BCUT2D eigenvalue weighted by Crippen LogP contribution is -2.15.